The van der Waals surface area contributed by atoms with Crippen LogP contribution in [0.1, 0.15) is 13.8 Å². The van der Waals surface area contributed by atoms with Gasteiger partial charge in [-0.1, -0.05) is 12.7 Å². The zero-order valence-electron chi connectivity index (χ0n) is 8.87. The summed E-state index contributed by atoms with van der Waals surface area (Å²) in [4.78, 5) is 10.6. The molecular formula is C10H13FO3S. The fourth-order valence-electron chi connectivity index (χ4n) is 0.950. The summed E-state index contributed by atoms with van der Waals surface area (Å²) in [5.41, 5.74) is -0.261. The van der Waals surface area contributed by atoms with E-state index in [4.69, 9.17) is 0 Å². The molecule has 0 saturated heterocycles. The summed E-state index contributed by atoms with van der Waals surface area (Å²) in [5.74, 6) is -1.65. The van der Waals surface area contributed by atoms with Gasteiger partial charge in [-0.3, -0.25) is 4.79 Å². The number of halogens is 1. The van der Waals surface area contributed by atoms with Crippen molar-refractivity contribution in [2.45, 2.75) is 13.8 Å². The first-order valence-corrected chi connectivity index (χ1v) is 6.04. The lowest BCUT2D eigenvalue weighted by molar-refractivity contribution is -0.111. The molecule has 5 heteroatoms. The van der Waals surface area contributed by atoms with Crippen LogP contribution in [0.2, 0.25) is 0 Å². The quantitative estimate of drug-likeness (QED) is 0.549. The highest BCUT2D eigenvalue weighted by molar-refractivity contribution is 7.94. The highest BCUT2D eigenvalue weighted by Crippen LogP contribution is 2.21. The van der Waals surface area contributed by atoms with Gasteiger partial charge in [0.1, 0.15) is 5.83 Å². The SMILES string of the molecule is C=CC(=O)/C(C)=C(F)/C(=C\C)S(C)(=O)=O. The van der Waals surface area contributed by atoms with Crippen molar-refractivity contribution < 1.29 is 17.6 Å². The predicted molar refractivity (Wildman–Crippen MR) is 57.6 cm³/mol. The average Bonchev–Trinajstić information content (AvgIpc) is 2.14. The van der Waals surface area contributed by atoms with Gasteiger partial charge >= 0.3 is 0 Å². The molecule has 0 saturated carbocycles. The highest BCUT2D eigenvalue weighted by atomic mass is 32.2. The van der Waals surface area contributed by atoms with E-state index in [-0.39, 0.29) is 5.57 Å². The minimum absolute atomic E-state index is 0.261. The largest absolute Gasteiger partial charge is 0.290 e. The Bertz CT molecular complexity index is 441. The normalized spacial score (nSPS) is 14.5. The Morgan fingerprint density at radius 2 is 1.87 bits per heavy atom. The molecule has 0 aromatic carbocycles. The van der Waals surface area contributed by atoms with Crippen LogP contribution in [0.3, 0.4) is 0 Å². The third-order valence-corrected chi connectivity index (χ3v) is 2.98. The Hall–Kier alpha value is -1.23. The summed E-state index contributed by atoms with van der Waals surface area (Å²) in [6, 6.07) is 0. The monoisotopic (exact) mass is 232 g/mol. The molecular weight excluding hydrogens is 219 g/mol. The Morgan fingerprint density at radius 3 is 2.13 bits per heavy atom. The predicted octanol–water partition coefficient (Wildman–Crippen LogP) is 1.93. The molecule has 0 aliphatic carbocycles. The number of hydrogen-bond donors (Lipinski definition) is 0. The molecule has 0 radical (unpaired) electrons. The van der Waals surface area contributed by atoms with Gasteiger partial charge in [-0.05, 0) is 19.9 Å². The van der Waals surface area contributed by atoms with E-state index in [1.165, 1.54) is 13.8 Å². The molecule has 0 aliphatic heterocycles. The van der Waals surface area contributed by atoms with Crippen molar-refractivity contribution >= 4 is 15.6 Å². The molecule has 0 aliphatic rings. The number of sulfone groups is 1. The van der Waals surface area contributed by atoms with E-state index in [1.807, 2.05) is 0 Å². The first-order chi connectivity index (χ1) is 6.75. The van der Waals surface area contributed by atoms with Crippen LogP contribution in [0, 0.1) is 0 Å². The van der Waals surface area contributed by atoms with Gasteiger partial charge in [0, 0.05) is 11.8 Å². The maximum Gasteiger partial charge on any atom is 0.183 e. The molecule has 3 nitrogen and oxygen atoms in total. The molecule has 0 fully saturated rings. The van der Waals surface area contributed by atoms with Gasteiger partial charge in [-0.2, -0.15) is 0 Å². The lowest BCUT2D eigenvalue weighted by atomic mass is 10.1. The fourth-order valence-corrected chi connectivity index (χ4v) is 1.86. The van der Waals surface area contributed by atoms with Crippen molar-refractivity contribution in [3.8, 4) is 0 Å². The van der Waals surface area contributed by atoms with Gasteiger partial charge in [0.25, 0.3) is 0 Å². The van der Waals surface area contributed by atoms with Crippen LogP contribution in [-0.2, 0) is 14.6 Å². The maximum atomic E-state index is 13.6. The summed E-state index contributed by atoms with van der Waals surface area (Å²) in [7, 11) is -3.66. The van der Waals surface area contributed by atoms with Crippen LogP contribution < -0.4 is 0 Å². The highest BCUT2D eigenvalue weighted by Gasteiger charge is 2.19. The molecule has 0 atom stereocenters. The molecule has 0 bridgehead atoms. The number of rotatable bonds is 4. The van der Waals surface area contributed by atoms with Crippen LogP contribution in [0.5, 0.6) is 0 Å². The van der Waals surface area contributed by atoms with Crippen molar-refractivity contribution in [1.29, 1.82) is 0 Å². The van der Waals surface area contributed by atoms with Gasteiger partial charge in [0.05, 0.1) is 4.91 Å². The molecule has 84 valence electrons. The van der Waals surface area contributed by atoms with Gasteiger partial charge in [0.15, 0.2) is 15.6 Å². The smallest absolute Gasteiger partial charge is 0.183 e. The van der Waals surface area contributed by atoms with Crippen molar-refractivity contribution in [2.75, 3.05) is 6.26 Å². The van der Waals surface area contributed by atoms with E-state index in [9.17, 15) is 17.6 Å². The van der Waals surface area contributed by atoms with Crippen molar-refractivity contribution in [3.63, 3.8) is 0 Å². The fraction of sp³-hybridized carbons (Fsp3) is 0.300. The zero-order chi connectivity index (χ0) is 12.2. The van der Waals surface area contributed by atoms with E-state index >= 15 is 0 Å². The van der Waals surface area contributed by atoms with Crippen LogP contribution in [0.15, 0.2) is 35.0 Å². The summed E-state index contributed by atoms with van der Waals surface area (Å²) in [5, 5.41) is 0. The molecule has 0 unspecified atom stereocenters. The van der Waals surface area contributed by atoms with E-state index < -0.39 is 26.4 Å². The van der Waals surface area contributed by atoms with E-state index in [2.05, 4.69) is 6.58 Å². The lowest BCUT2D eigenvalue weighted by Crippen LogP contribution is -2.06. The third-order valence-electron chi connectivity index (χ3n) is 1.76. The number of carbonyl (C=O) groups is 1. The molecule has 15 heavy (non-hydrogen) atoms. The maximum absolute atomic E-state index is 13.6. The van der Waals surface area contributed by atoms with Crippen LogP contribution in [0.25, 0.3) is 0 Å². The number of allylic oxidation sites excluding steroid dienone is 4. The standard InChI is InChI=1S/C10H13FO3S/c1-5-8(12)7(3)10(11)9(6-2)15(4,13)14/h5-6H,1H2,2-4H3/b9-6+,10-7-. The van der Waals surface area contributed by atoms with Gasteiger partial charge in [-0.25, -0.2) is 12.8 Å². The van der Waals surface area contributed by atoms with Crippen molar-refractivity contribution in [3.05, 3.63) is 35.0 Å². The van der Waals surface area contributed by atoms with Crippen molar-refractivity contribution in [2.24, 2.45) is 0 Å². The summed E-state index contributed by atoms with van der Waals surface area (Å²) < 4.78 is 35.8. The topological polar surface area (TPSA) is 51.2 Å². The number of carbonyl (C=O) groups excluding carboxylic acids is 1. The first-order valence-electron chi connectivity index (χ1n) is 4.15. The Balaban J connectivity index is 5.61. The van der Waals surface area contributed by atoms with E-state index in [0.717, 1.165) is 18.4 Å². The molecule has 0 N–H and O–H groups in total. The summed E-state index contributed by atoms with van der Waals surface area (Å²) in [6.07, 6.45) is 2.93. The lowest BCUT2D eigenvalue weighted by Gasteiger charge is -2.04. The van der Waals surface area contributed by atoms with Gasteiger partial charge in [-0.15, -0.1) is 0 Å². The number of ketones is 1. The minimum Gasteiger partial charge on any atom is -0.290 e. The first kappa shape index (κ1) is 13.8. The number of hydrogen-bond acceptors (Lipinski definition) is 3. The average molecular weight is 232 g/mol. The minimum atomic E-state index is -3.66. The van der Waals surface area contributed by atoms with Crippen LogP contribution in [0.4, 0.5) is 4.39 Å². The van der Waals surface area contributed by atoms with Gasteiger partial charge in [0.2, 0.25) is 0 Å². The molecule has 0 aromatic rings. The summed E-state index contributed by atoms with van der Waals surface area (Å²) >= 11 is 0. The Kier molecular flexibility index (Phi) is 4.61. The second kappa shape index (κ2) is 5.02. The van der Waals surface area contributed by atoms with E-state index in [1.54, 1.807) is 0 Å². The second-order valence-electron chi connectivity index (χ2n) is 2.93. The Morgan fingerprint density at radius 1 is 1.40 bits per heavy atom. The third kappa shape index (κ3) is 3.43. The summed E-state index contributed by atoms with van der Waals surface area (Å²) in [6.45, 7) is 5.80. The van der Waals surface area contributed by atoms with Gasteiger partial charge < -0.3 is 0 Å². The van der Waals surface area contributed by atoms with Crippen LogP contribution in [-0.4, -0.2) is 20.5 Å². The second-order valence-corrected chi connectivity index (χ2v) is 4.92. The molecule has 0 spiro atoms. The molecule has 0 amide bonds. The molecule has 0 aromatic heterocycles. The molecule has 0 heterocycles. The van der Waals surface area contributed by atoms with Crippen molar-refractivity contribution in [1.82, 2.24) is 0 Å². The zero-order valence-corrected chi connectivity index (χ0v) is 9.69. The van der Waals surface area contributed by atoms with Crippen LogP contribution >= 0.6 is 0 Å². The van der Waals surface area contributed by atoms with E-state index in [0.29, 0.717) is 0 Å². The molecule has 0 rings (SSSR count). The Labute approximate surface area is 88.9 Å².